The van der Waals surface area contributed by atoms with Gasteiger partial charge in [0, 0.05) is 6.04 Å². The molecule has 0 aliphatic rings. The van der Waals surface area contributed by atoms with Crippen molar-refractivity contribution >= 4 is 5.91 Å². The summed E-state index contributed by atoms with van der Waals surface area (Å²) < 4.78 is 13.7. The Labute approximate surface area is 101 Å². The highest BCUT2D eigenvalue weighted by molar-refractivity contribution is 5.94. The highest BCUT2D eigenvalue weighted by Gasteiger charge is 2.15. The summed E-state index contributed by atoms with van der Waals surface area (Å²) >= 11 is 0. The molecule has 0 spiro atoms. The zero-order valence-corrected chi connectivity index (χ0v) is 10.3. The Morgan fingerprint density at radius 3 is 2.71 bits per heavy atom. The molecule has 0 saturated carbocycles. The maximum absolute atomic E-state index is 13.7. The second-order valence-corrected chi connectivity index (χ2v) is 4.40. The minimum atomic E-state index is -0.493. The van der Waals surface area contributed by atoms with Crippen molar-refractivity contribution in [2.24, 2.45) is 0 Å². The molecule has 4 heteroatoms. The molecule has 17 heavy (non-hydrogen) atoms. The number of hydrogen-bond donors (Lipinski definition) is 2. The first kappa shape index (κ1) is 13.6. The van der Waals surface area contributed by atoms with Crippen molar-refractivity contribution in [3.05, 3.63) is 35.1 Å². The first-order valence-corrected chi connectivity index (χ1v) is 5.66. The Hall–Kier alpha value is -1.42. The number of carbonyl (C=O) groups is 1. The van der Waals surface area contributed by atoms with Crippen LogP contribution in [0.5, 0.6) is 0 Å². The van der Waals surface area contributed by atoms with Crippen LogP contribution >= 0.6 is 0 Å². The van der Waals surface area contributed by atoms with E-state index in [1.54, 1.807) is 32.9 Å². The average Bonchev–Trinajstić information content (AvgIpc) is 2.20. The van der Waals surface area contributed by atoms with E-state index in [-0.39, 0.29) is 11.6 Å². The van der Waals surface area contributed by atoms with E-state index in [9.17, 15) is 14.3 Å². The fraction of sp³-hybridized carbons (Fsp3) is 0.462. The highest BCUT2D eigenvalue weighted by Crippen LogP contribution is 2.12. The molecule has 0 fully saturated rings. The van der Waals surface area contributed by atoms with Crippen LogP contribution in [0.3, 0.4) is 0 Å². The average molecular weight is 239 g/mol. The van der Waals surface area contributed by atoms with E-state index in [1.807, 2.05) is 0 Å². The number of hydrogen-bond acceptors (Lipinski definition) is 2. The first-order valence-electron chi connectivity index (χ1n) is 5.66. The summed E-state index contributed by atoms with van der Waals surface area (Å²) in [5.74, 6) is -0.936. The van der Waals surface area contributed by atoms with Gasteiger partial charge in [-0.2, -0.15) is 0 Å². The maximum Gasteiger partial charge on any atom is 0.254 e. The lowest BCUT2D eigenvalue weighted by Gasteiger charge is -2.15. The fourth-order valence-corrected chi connectivity index (χ4v) is 1.69. The van der Waals surface area contributed by atoms with Crippen LogP contribution in [-0.2, 0) is 0 Å². The van der Waals surface area contributed by atoms with Crippen molar-refractivity contribution in [2.45, 2.75) is 39.3 Å². The number of halogens is 1. The summed E-state index contributed by atoms with van der Waals surface area (Å²) in [4.78, 5) is 11.8. The van der Waals surface area contributed by atoms with Crippen LogP contribution in [-0.4, -0.2) is 23.2 Å². The molecule has 1 aromatic rings. The number of aliphatic hydroxyl groups excluding tert-OH is 1. The lowest BCUT2D eigenvalue weighted by Crippen LogP contribution is -2.35. The molecule has 0 aromatic heterocycles. The highest BCUT2D eigenvalue weighted by atomic mass is 19.1. The van der Waals surface area contributed by atoms with Gasteiger partial charge in [0.25, 0.3) is 5.91 Å². The van der Waals surface area contributed by atoms with Gasteiger partial charge in [0.15, 0.2) is 0 Å². The molecule has 0 saturated heterocycles. The predicted molar refractivity (Wildman–Crippen MR) is 64.4 cm³/mol. The quantitative estimate of drug-likeness (QED) is 0.844. The lowest BCUT2D eigenvalue weighted by molar-refractivity contribution is 0.0919. The zero-order chi connectivity index (χ0) is 13.0. The maximum atomic E-state index is 13.7. The van der Waals surface area contributed by atoms with Crippen LogP contribution in [0.4, 0.5) is 4.39 Å². The number of carbonyl (C=O) groups excluding carboxylic acids is 1. The second-order valence-electron chi connectivity index (χ2n) is 4.40. The van der Waals surface area contributed by atoms with Gasteiger partial charge in [-0.3, -0.25) is 4.79 Å². The molecule has 0 bridgehead atoms. The van der Waals surface area contributed by atoms with Crippen LogP contribution in [0.25, 0.3) is 0 Å². The standard InChI is InChI=1S/C13H18FNO2/c1-8-5-4-6-11(12(8)14)13(17)15-9(2)7-10(3)16/h4-6,9-10,16H,7H2,1-3H3,(H,15,17). The summed E-state index contributed by atoms with van der Waals surface area (Å²) in [6, 6.07) is 4.52. The lowest BCUT2D eigenvalue weighted by atomic mass is 10.1. The number of nitrogens with one attached hydrogen (secondary N) is 1. The molecule has 0 aliphatic heterocycles. The topological polar surface area (TPSA) is 49.3 Å². The number of aliphatic hydroxyl groups is 1. The Morgan fingerprint density at radius 1 is 1.47 bits per heavy atom. The van der Waals surface area contributed by atoms with Gasteiger partial charge in [-0.1, -0.05) is 12.1 Å². The van der Waals surface area contributed by atoms with E-state index in [0.717, 1.165) is 0 Å². The smallest absolute Gasteiger partial charge is 0.254 e. The van der Waals surface area contributed by atoms with Crippen LogP contribution in [0.1, 0.15) is 36.2 Å². The number of benzene rings is 1. The largest absolute Gasteiger partial charge is 0.393 e. The molecule has 3 nitrogen and oxygen atoms in total. The van der Waals surface area contributed by atoms with Crippen molar-refractivity contribution in [1.29, 1.82) is 0 Å². The van der Waals surface area contributed by atoms with Crippen molar-refractivity contribution < 1.29 is 14.3 Å². The molecule has 1 aromatic carbocycles. The van der Waals surface area contributed by atoms with Crippen molar-refractivity contribution in [3.8, 4) is 0 Å². The van der Waals surface area contributed by atoms with Gasteiger partial charge in [0.1, 0.15) is 5.82 Å². The number of aryl methyl sites for hydroxylation is 1. The summed E-state index contributed by atoms with van der Waals surface area (Å²) in [5.41, 5.74) is 0.489. The first-order chi connectivity index (χ1) is 7.91. The molecule has 0 radical (unpaired) electrons. The molecule has 94 valence electrons. The van der Waals surface area contributed by atoms with E-state index < -0.39 is 17.8 Å². The zero-order valence-electron chi connectivity index (χ0n) is 10.3. The van der Waals surface area contributed by atoms with Crippen molar-refractivity contribution in [1.82, 2.24) is 5.32 Å². The molecule has 2 N–H and O–H groups in total. The minimum absolute atomic E-state index is 0.0439. The third-order valence-corrected chi connectivity index (χ3v) is 2.51. The molecule has 0 aliphatic carbocycles. The Bertz CT molecular complexity index is 404. The number of rotatable bonds is 4. The van der Waals surface area contributed by atoms with Gasteiger partial charge in [0.2, 0.25) is 0 Å². The SMILES string of the molecule is Cc1cccc(C(=O)NC(C)CC(C)O)c1F. The van der Waals surface area contributed by atoms with Gasteiger partial charge in [-0.05, 0) is 38.8 Å². The van der Waals surface area contributed by atoms with Gasteiger partial charge >= 0.3 is 0 Å². The summed E-state index contributed by atoms with van der Waals surface area (Å²) in [6.45, 7) is 5.04. The summed E-state index contributed by atoms with van der Waals surface area (Å²) in [7, 11) is 0. The van der Waals surface area contributed by atoms with E-state index in [1.165, 1.54) is 6.07 Å². The number of amides is 1. The predicted octanol–water partition coefficient (Wildman–Crippen LogP) is 2.02. The third-order valence-electron chi connectivity index (χ3n) is 2.51. The fourth-order valence-electron chi connectivity index (χ4n) is 1.69. The molecule has 1 amide bonds. The summed E-state index contributed by atoms with van der Waals surface area (Å²) in [6.07, 6.45) is -0.0493. The second kappa shape index (κ2) is 5.77. The van der Waals surface area contributed by atoms with E-state index in [4.69, 9.17) is 0 Å². The summed E-state index contributed by atoms with van der Waals surface area (Å²) in [5, 5.41) is 11.8. The molecule has 2 atom stereocenters. The molecule has 2 unspecified atom stereocenters. The van der Waals surface area contributed by atoms with Crippen molar-refractivity contribution in [2.75, 3.05) is 0 Å². The van der Waals surface area contributed by atoms with Crippen molar-refractivity contribution in [3.63, 3.8) is 0 Å². The van der Waals surface area contributed by atoms with Gasteiger partial charge < -0.3 is 10.4 Å². The minimum Gasteiger partial charge on any atom is -0.393 e. The third kappa shape index (κ3) is 3.82. The van der Waals surface area contributed by atoms with Crippen LogP contribution < -0.4 is 5.32 Å². The molecular weight excluding hydrogens is 221 g/mol. The Morgan fingerprint density at radius 2 is 2.12 bits per heavy atom. The molecule has 1 rings (SSSR count). The molecular formula is C13H18FNO2. The Kier molecular flexibility index (Phi) is 4.63. The van der Waals surface area contributed by atoms with Gasteiger partial charge in [-0.25, -0.2) is 4.39 Å². The van der Waals surface area contributed by atoms with Gasteiger partial charge in [0.05, 0.1) is 11.7 Å². The van der Waals surface area contributed by atoms with E-state index in [2.05, 4.69) is 5.32 Å². The molecule has 0 heterocycles. The van der Waals surface area contributed by atoms with Crippen LogP contribution in [0.15, 0.2) is 18.2 Å². The van der Waals surface area contributed by atoms with Gasteiger partial charge in [-0.15, -0.1) is 0 Å². The Balaban J connectivity index is 2.73. The van der Waals surface area contributed by atoms with Crippen LogP contribution in [0, 0.1) is 12.7 Å². The normalized spacial score (nSPS) is 14.2. The monoisotopic (exact) mass is 239 g/mol. The van der Waals surface area contributed by atoms with E-state index in [0.29, 0.717) is 12.0 Å². The van der Waals surface area contributed by atoms with Crippen LogP contribution in [0.2, 0.25) is 0 Å². The van der Waals surface area contributed by atoms with E-state index >= 15 is 0 Å².